The summed E-state index contributed by atoms with van der Waals surface area (Å²) < 4.78 is 27.7. The summed E-state index contributed by atoms with van der Waals surface area (Å²) in [6, 6.07) is 11.3. The van der Waals surface area contributed by atoms with Crippen molar-refractivity contribution in [2.45, 2.75) is 78.2 Å². The number of benzene rings is 2. The van der Waals surface area contributed by atoms with Crippen LogP contribution < -0.4 is 24.3 Å². The minimum Gasteiger partial charge on any atom is -0.497 e. The van der Waals surface area contributed by atoms with E-state index in [9.17, 15) is 9.59 Å². The molecule has 1 aliphatic heterocycles. The van der Waals surface area contributed by atoms with Gasteiger partial charge in [-0.15, -0.1) is 0 Å². The van der Waals surface area contributed by atoms with Gasteiger partial charge in [0.25, 0.3) is 5.91 Å². The third kappa shape index (κ3) is 10.3. The van der Waals surface area contributed by atoms with Gasteiger partial charge in [-0.2, -0.15) is 0 Å². The highest BCUT2D eigenvalue weighted by atomic mass is 16.5. The highest BCUT2D eigenvalue weighted by Crippen LogP contribution is 2.27. The molecule has 1 fully saturated rings. The van der Waals surface area contributed by atoms with Crippen molar-refractivity contribution in [3.8, 4) is 23.0 Å². The Labute approximate surface area is 238 Å². The zero-order valence-corrected chi connectivity index (χ0v) is 24.7. The average molecular weight is 557 g/mol. The van der Waals surface area contributed by atoms with Crippen LogP contribution in [0.3, 0.4) is 0 Å². The second-order valence-corrected chi connectivity index (χ2v) is 10.6. The lowest BCUT2D eigenvalue weighted by Gasteiger charge is -2.32. The van der Waals surface area contributed by atoms with Crippen LogP contribution in [0.15, 0.2) is 36.4 Å². The monoisotopic (exact) mass is 556 g/mol. The average Bonchev–Trinajstić information content (AvgIpc) is 2.91. The molecule has 1 aliphatic rings. The maximum atomic E-state index is 13.1. The van der Waals surface area contributed by atoms with Gasteiger partial charge in [0, 0.05) is 49.8 Å². The fraction of sp³-hybridized carbons (Fsp3) is 0.548. The van der Waals surface area contributed by atoms with Gasteiger partial charge >= 0.3 is 5.97 Å². The van der Waals surface area contributed by atoms with Gasteiger partial charge in [-0.05, 0) is 76.8 Å². The van der Waals surface area contributed by atoms with E-state index in [1.54, 1.807) is 25.3 Å². The largest absolute Gasteiger partial charge is 0.497 e. The van der Waals surface area contributed by atoms with E-state index >= 15 is 0 Å². The number of hydrogen-bond donors (Lipinski definition) is 1. The number of carbonyl (C=O) groups excluding carboxylic acids is 2. The zero-order chi connectivity index (χ0) is 29.1. The number of esters is 1. The molecule has 0 aromatic heterocycles. The summed E-state index contributed by atoms with van der Waals surface area (Å²) in [5.41, 5.74) is 1.62. The molecule has 0 saturated carbocycles. The minimum atomic E-state index is -0.279. The summed E-state index contributed by atoms with van der Waals surface area (Å²) in [4.78, 5) is 26.8. The molecule has 0 unspecified atom stereocenters. The molecule has 0 spiro atoms. The molecule has 3 rings (SSSR count). The Hall–Kier alpha value is -3.46. The van der Waals surface area contributed by atoms with E-state index in [1.165, 1.54) is 7.11 Å². The summed E-state index contributed by atoms with van der Waals surface area (Å²) in [5.74, 6) is 2.25. The van der Waals surface area contributed by atoms with Crippen LogP contribution in [-0.4, -0.2) is 68.9 Å². The van der Waals surface area contributed by atoms with E-state index < -0.39 is 0 Å². The van der Waals surface area contributed by atoms with Crippen LogP contribution in [0.1, 0.15) is 69.3 Å². The van der Waals surface area contributed by atoms with Gasteiger partial charge in [0.1, 0.15) is 23.0 Å². The Morgan fingerprint density at radius 3 is 2.05 bits per heavy atom. The summed E-state index contributed by atoms with van der Waals surface area (Å²) in [7, 11) is 2.91. The number of carbonyl (C=O) groups is 2. The molecular weight excluding hydrogens is 512 g/mol. The Bertz CT molecular complexity index is 1080. The molecule has 0 atom stereocenters. The van der Waals surface area contributed by atoms with Crippen LogP contribution in [0.5, 0.6) is 23.0 Å². The maximum Gasteiger partial charge on any atom is 0.305 e. The first-order chi connectivity index (χ1) is 19.1. The fourth-order valence-corrected chi connectivity index (χ4v) is 4.58. The Morgan fingerprint density at radius 1 is 0.875 bits per heavy atom. The predicted molar refractivity (Wildman–Crippen MR) is 153 cm³/mol. The number of hydrogen-bond acceptors (Lipinski definition) is 8. The van der Waals surface area contributed by atoms with E-state index in [1.807, 2.05) is 33.8 Å². The van der Waals surface area contributed by atoms with Crippen LogP contribution in [0, 0.1) is 0 Å². The van der Waals surface area contributed by atoms with Gasteiger partial charge in [-0.1, -0.05) is 0 Å². The quantitative estimate of drug-likeness (QED) is 0.257. The summed E-state index contributed by atoms with van der Waals surface area (Å²) >= 11 is 0. The summed E-state index contributed by atoms with van der Waals surface area (Å²) in [5, 5.41) is 3.17. The van der Waals surface area contributed by atoms with Gasteiger partial charge < -0.3 is 29.0 Å². The lowest BCUT2D eigenvalue weighted by atomic mass is 10.0. The minimum absolute atomic E-state index is 0.0785. The SMILES string of the molecule is COC(=O)CCCOc1cc(OC)cc(C(=O)NC2CCN(Cc3cc(OC(C)C)cc(OC(C)C)c3)CC2)c1. The number of amides is 1. The number of ether oxygens (including phenoxy) is 5. The van der Waals surface area contributed by atoms with Crippen molar-refractivity contribution >= 4 is 11.9 Å². The van der Waals surface area contributed by atoms with Crippen LogP contribution >= 0.6 is 0 Å². The van der Waals surface area contributed by atoms with E-state index in [4.69, 9.17) is 18.9 Å². The van der Waals surface area contributed by atoms with E-state index in [2.05, 4.69) is 27.1 Å². The molecule has 220 valence electrons. The van der Waals surface area contributed by atoms with Crippen molar-refractivity contribution in [1.82, 2.24) is 10.2 Å². The molecule has 1 saturated heterocycles. The predicted octanol–water partition coefficient (Wildman–Crippen LogP) is 5.00. The summed E-state index contributed by atoms with van der Waals surface area (Å²) in [6.45, 7) is 10.9. The van der Waals surface area contributed by atoms with Crippen LogP contribution in [0.4, 0.5) is 0 Å². The van der Waals surface area contributed by atoms with Gasteiger partial charge in [0.2, 0.25) is 0 Å². The van der Waals surface area contributed by atoms with E-state index in [0.29, 0.717) is 30.1 Å². The number of rotatable bonds is 14. The number of nitrogens with zero attached hydrogens (tertiary/aromatic N) is 1. The lowest BCUT2D eigenvalue weighted by molar-refractivity contribution is -0.140. The van der Waals surface area contributed by atoms with Gasteiger partial charge in [0.15, 0.2) is 0 Å². The van der Waals surface area contributed by atoms with Crippen molar-refractivity contribution in [3.63, 3.8) is 0 Å². The van der Waals surface area contributed by atoms with Gasteiger partial charge in [-0.25, -0.2) is 0 Å². The Kier molecular flexibility index (Phi) is 11.9. The van der Waals surface area contributed by atoms with Gasteiger partial charge in [-0.3, -0.25) is 14.5 Å². The van der Waals surface area contributed by atoms with E-state index in [-0.39, 0.29) is 36.5 Å². The second kappa shape index (κ2) is 15.4. The van der Waals surface area contributed by atoms with Crippen LogP contribution in [0.2, 0.25) is 0 Å². The van der Waals surface area contributed by atoms with Crippen molar-refractivity contribution < 1.29 is 33.3 Å². The first-order valence-corrected chi connectivity index (χ1v) is 14.0. The Morgan fingerprint density at radius 2 is 1.48 bits per heavy atom. The van der Waals surface area contributed by atoms with Crippen molar-refractivity contribution in [3.05, 3.63) is 47.5 Å². The second-order valence-electron chi connectivity index (χ2n) is 10.6. The maximum absolute atomic E-state index is 13.1. The highest BCUT2D eigenvalue weighted by Gasteiger charge is 2.22. The molecule has 1 heterocycles. The first-order valence-electron chi connectivity index (χ1n) is 14.0. The van der Waals surface area contributed by atoms with Crippen molar-refractivity contribution in [2.24, 2.45) is 0 Å². The Balaban J connectivity index is 1.54. The molecule has 0 aliphatic carbocycles. The standard InChI is InChI=1S/C31H44N2O7/c1-21(2)39-28-14-23(15-29(19-28)40-22(3)4)20-33-11-9-25(10-12-33)32-31(35)24-16-26(36-5)18-27(17-24)38-13-7-8-30(34)37-6/h14-19,21-22,25H,7-13,20H2,1-6H3,(H,32,35). The molecule has 40 heavy (non-hydrogen) atoms. The first kappa shape index (κ1) is 31.1. The van der Waals surface area contributed by atoms with E-state index in [0.717, 1.165) is 49.5 Å². The fourth-order valence-electron chi connectivity index (χ4n) is 4.58. The number of likely N-dealkylation sites (tertiary alicyclic amines) is 1. The smallest absolute Gasteiger partial charge is 0.305 e. The molecular formula is C31H44N2O7. The molecule has 0 bridgehead atoms. The molecule has 9 nitrogen and oxygen atoms in total. The highest BCUT2D eigenvalue weighted by molar-refractivity contribution is 5.95. The van der Waals surface area contributed by atoms with Crippen LogP contribution in [-0.2, 0) is 16.1 Å². The van der Waals surface area contributed by atoms with Crippen molar-refractivity contribution in [2.75, 3.05) is 33.9 Å². The molecule has 2 aromatic carbocycles. The number of methoxy groups -OCH3 is 2. The molecule has 1 N–H and O–H groups in total. The zero-order valence-electron chi connectivity index (χ0n) is 24.7. The third-order valence-corrected chi connectivity index (χ3v) is 6.41. The van der Waals surface area contributed by atoms with Crippen molar-refractivity contribution in [1.29, 1.82) is 0 Å². The molecule has 2 aromatic rings. The van der Waals surface area contributed by atoms with Crippen LogP contribution in [0.25, 0.3) is 0 Å². The molecule has 0 radical (unpaired) electrons. The third-order valence-electron chi connectivity index (χ3n) is 6.41. The lowest BCUT2D eigenvalue weighted by Crippen LogP contribution is -2.44. The topological polar surface area (TPSA) is 95.6 Å². The number of nitrogens with one attached hydrogen (secondary N) is 1. The normalized spacial score (nSPS) is 14.2. The number of piperidine rings is 1. The molecule has 9 heteroatoms. The molecule has 1 amide bonds. The summed E-state index contributed by atoms with van der Waals surface area (Å²) in [6.07, 6.45) is 2.66. The van der Waals surface area contributed by atoms with Gasteiger partial charge in [0.05, 0.1) is 33.0 Å².